The fourth-order valence-corrected chi connectivity index (χ4v) is 7.49. The van der Waals surface area contributed by atoms with Crippen molar-refractivity contribution in [3.63, 3.8) is 0 Å². The first kappa shape index (κ1) is 20.3. The molecule has 1 fully saturated rings. The lowest BCUT2D eigenvalue weighted by molar-refractivity contribution is 0.138. The van der Waals surface area contributed by atoms with Gasteiger partial charge < -0.3 is 4.57 Å². The molecule has 0 saturated heterocycles. The highest BCUT2D eigenvalue weighted by Gasteiger charge is 2.45. The summed E-state index contributed by atoms with van der Waals surface area (Å²) in [6.07, 6.45) is 17.2. The van der Waals surface area contributed by atoms with Gasteiger partial charge in [-0.05, 0) is 114 Å². The minimum atomic E-state index is -2.40. The topological polar surface area (TPSA) is 17.1 Å². The van der Waals surface area contributed by atoms with Crippen LogP contribution in [0.3, 0.4) is 0 Å². The first-order valence-electron chi connectivity index (χ1n) is 12.0. The Morgan fingerprint density at radius 2 is 1.47 bits per heavy atom. The number of hydrogen-bond acceptors (Lipinski definition) is 1. The molecule has 2 aromatic rings. The third kappa shape index (κ3) is 3.34. The van der Waals surface area contributed by atoms with Gasteiger partial charge in [0, 0.05) is 5.30 Å². The molecule has 4 atom stereocenters. The summed E-state index contributed by atoms with van der Waals surface area (Å²) >= 11 is 0. The minimum absolute atomic E-state index is 0.637. The van der Waals surface area contributed by atoms with E-state index in [0.29, 0.717) is 11.8 Å². The molecule has 4 unspecified atom stereocenters. The second-order valence-electron chi connectivity index (χ2n) is 10.4. The van der Waals surface area contributed by atoms with Crippen LogP contribution in [0.4, 0.5) is 0 Å². The molecule has 4 aliphatic carbocycles. The predicted octanol–water partition coefficient (Wildman–Crippen LogP) is 7.47. The van der Waals surface area contributed by atoms with Crippen molar-refractivity contribution in [1.82, 2.24) is 0 Å². The van der Waals surface area contributed by atoms with Gasteiger partial charge in [-0.25, -0.2) is 0 Å². The molecule has 1 saturated carbocycles. The van der Waals surface area contributed by atoms with E-state index in [2.05, 4.69) is 78.9 Å². The zero-order valence-corrected chi connectivity index (χ0v) is 19.9. The van der Waals surface area contributed by atoms with Crippen LogP contribution in [0.25, 0.3) is 16.7 Å². The first-order chi connectivity index (χ1) is 15.5. The van der Waals surface area contributed by atoms with Gasteiger partial charge in [0.1, 0.15) is 7.14 Å². The summed E-state index contributed by atoms with van der Waals surface area (Å²) in [5, 5.41) is 0.972. The van der Waals surface area contributed by atoms with Crippen molar-refractivity contribution in [2.45, 2.75) is 25.7 Å². The molecular weight excluding hydrogens is 407 g/mol. The molecule has 6 rings (SSSR count). The van der Waals surface area contributed by atoms with Gasteiger partial charge in [0.05, 0.1) is 0 Å². The quantitative estimate of drug-likeness (QED) is 0.454. The van der Waals surface area contributed by atoms with Crippen LogP contribution in [0.1, 0.15) is 31.2 Å². The average molecular weight is 439 g/mol. The maximum absolute atomic E-state index is 13.2. The molecule has 2 aromatic carbocycles. The molecule has 4 aliphatic rings. The standard InChI is InChI=1S/C30H31OP/c1-32(2,31)26-17-24(20-8-4-3-5-9-20)16-25(18-26)28-19-23-12-6-10-21-14-15-22-11-7-13-27(28)30(22)29(21)23/h3-9,12-13,16-19,21-22,29-30H,10-11,14-15H2,1-2H3. The lowest BCUT2D eigenvalue weighted by Crippen LogP contribution is -2.40. The van der Waals surface area contributed by atoms with Crippen LogP contribution >= 0.6 is 7.14 Å². The van der Waals surface area contributed by atoms with Crippen molar-refractivity contribution < 1.29 is 4.57 Å². The summed E-state index contributed by atoms with van der Waals surface area (Å²) in [6.45, 7) is 3.78. The SMILES string of the molecule is CP(C)(=O)c1cc(C2=C3C=CCC4CCC5CC=CC(=C2)C5C34)cc(-c2ccccc2)c1. The maximum Gasteiger partial charge on any atom is 0.109 e. The van der Waals surface area contributed by atoms with E-state index >= 15 is 0 Å². The van der Waals surface area contributed by atoms with Gasteiger partial charge in [-0.3, -0.25) is 0 Å². The second-order valence-corrected chi connectivity index (χ2v) is 13.6. The second kappa shape index (κ2) is 7.60. The zero-order valence-electron chi connectivity index (χ0n) is 19.0. The largest absolute Gasteiger partial charge is 0.319 e. The lowest BCUT2D eigenvalue weighted by atomic mass is 9.55. The monoisotopic (exact) mass is 438 g/mol. The van der Waals surface area contributed by atoms with E-state index in [1.807, 2.05) is 13.3 Å². The lowest BCUT2D eigenvalue weighted by Gasteiger charge is -2.49. The van der Waals surface area contributed by atoms with E-state index in [1.165, 1.54) is 53.5 Å². The summed E-state index contributed by atoms with van der Waals surface area (Å²) < 4.78 is 13.2. The Labute approximate surface area is 192 Å². The molecule has 162 valence electrons. The van der Waals surface area contributed by atoms with Crippen LogP contribution in [0, 0.1) is 23.7 Å². The van der Waals surface area contributed by atoms with Gasteiger partial charge in [0.2, 0.25) is 0 Å². The summed E-state index contributed by atoms with van der Waals surface area (Å²) in [5.41, 5.74) is 7.96. The Hall–Kier alpha value is -2.37. The number of allylic oxidation sites excluding steroid dienone is 8. The van der Waals surface area contributed by atoms with Crippen molar-refractivity contribution in [2.24, 2.45) is 23.7 Å². The average Bonchev–Trinajstić information content (AvgIpc) is 2.82. The molecule has 0 amide bonds. The van der Waals surface area contributed by atoms with E-state index in [0.717, 1.165) is 22.7 Å². The molecule has 0 aliphatic heterocycles. The molecule has 0 spiro atoms. The molecule has 0 aromatic heterocycles. The summed E-state index contributed by atoms with van der Waals surface area (Å²) in [6, 6.07) is 17.2. The molecule has 0 heterocycles. The Morgan fingerprint density at radius 3 is 2.22 bits per heavy atom. The van der Waals surface area contributed by atoms with Gasteiger partial charge in [-0.1, -0.05) is 60.7 Å². The van der Waals surface area contributed by atoms with Crippen molar-refractivity contribution >= 4 is 18.0 Å². The molecular formula is C30H31OP. The van der Waals surface area contributed by atoms with Crippen LogP contribution in [0.2, 0.25) is 0 Å². The van der Waals surface area contributed by atoms with Crippen molar-refractivity contribution in [3.05, 3.63) is 95.6 Å². The Morgan fingerprint density at radius 1 is 0.781 bits per heavy atom. The fraction of sp³-hybridized carbons (Fsp3) is 0.333. The third-order valence-electron chi connectivity index (χ3n) is 8.12. The number of benzene rings is 2. The van der Waals surface area contributed by atoms with E-state index in [9.17, 15) is 4.57 Å². The first-order valence-corrected chi connectivity index (χ1v) is 14.6. The van der Waals surface area contributed by atoms with Crippen molar-refractivity contribution in [3.8, 4) is 11.1 Å². The molecule has 2 heteroatoms. The Bertz CT molecular complexity index is 1240. The van der Waals surface area contributed by atoms with Gasteiger partial charge in [-0.2, -0.15) is 0 Å². The minimum Gasteiger partial charge on any atom is -0.319 e. The van der Waals surface area contributed by atoms with E-state index < -0.39 is 7.14 Å². The van der Waals surface area contributed by atoms with Gasteiger partial charge in [-0.15, -0.1) is 0 Å². The highest BCUT2D eigenvalue weighted by molar-refractivity contribution is 7.70. The zero-order chi connectivity index (χ0) is 21.9. The molecule has 32 heavy (non-hydrogen) atoms. The maximum atomic E-state index is 13.2. The number of rotatable bonds is 3. The molecule has 0 radical (unpaired) electrons. The summed E-state index contributed by atoms with van der Waals surface area (Å²) in [7, 11) is -2.40. The molecule has 1 nitrogen and oxygen atoms in total. The smallest absolute Gasteiger partial charge is 0.109 e. The molecule has 0 N–H and O–H groups in total. The fourth-order valence-electron chi connectivity index (χ4n) is 6.59. The Kier molecular flexibility index (Phi) is 4.81. The number of hydrogen-bond donors (Lipinski definition) is 0. The van der Waals surface area contributed by atoms with E-state index in [1.54, 1.807) is 0 Å². The van der Waals surface area contributed by atoms with Gasteiger partial charge in [0.25, 0.3) is 0 Å². The van der Waals surface area contributed by atoms with Crippen molar-refractivity contribution in [1.29, 1.82) is 0 Å². The molecule has 0 bridgehead atoms. The highest BCUT2D eigenvalue weighted by Crippen LogP contribution is 2.56. The van der Waals surface area contributed by atoms with Crippen molar-refractivity contribution in [2.75, 3.05) is 13.3 Å². The van der Waals surface area contributed by atoms with Crippen LogP contribution in [0.5, 0.6) is 0 Å². The summed E-state index contributed by atoms with van der Waals surface area (Å²) in [4.78, 5) is 0. The van der Waals surface area contributed by atoms with Crippen LogP contribution < -0.4 is 5.30 Å². The van der Waals surface area contributed by atoms with Crippen LogP contribution in [-0.2, 0) is 4.57 Å². The van der Waals surface area contributed by atoms with Gasteiger partial charge in [0.15, 0.2) is 0 Å². The highest BCUT2D eigenvalue weighted by atomic mass is 31.2. The Balaban J connectivity index is 1.58. The third-order valence-corrected chi connectivity index (χ3v) is 9.62. The summed E-state index contributed by atoms with van der Waals surface area (Å²) in [5.74, 6) is 2.88. The van der Waals surface area contributed by atoms with Crippen LogP contribution in [-0.4, -0.2) is 13.3 Å². The van der Waals surface area contributed by atoms with E-state index in [-0.39, 0.29) is 0 Å². The predicted molar refractivity (Wildman–Crippen MR) is 137 cm³/mol. The van der Waals surface area contributed by atoms with E-state index in [4.69, 9.17) is 0 Å². The normalized spacial score (nSPS) is 28.4. The van der Waals surface area contributed by atoms with Gasteiger partial charge >= 0.3 is 0 Å². The van der Waals surface area contributed by atoms with Crippen LogP contribution in [0.15, 0.2) is 90.1 Å².